The van der Waals surface area contributed by atoms with E-state index in [4.69, 9.17) is 44.3 Å². The number of halogens is 3. The van der Waals surface area contributed by atoms with Crippen LogP contribution < -0.4 is 14.8 Å². The molecule has 40 heavy (non-hydrogen) atoms. The third kappa shape index (κ3) is 5.44. The lowest BCUT2D eigenvalue weighted by molar-refractivity contribution is 0.285. The first-order valence-corrected chi connectivity index (χ1v) is 14.2. The molecule has 0 saturated heterocycles. The Morgan fingerprint density at radius 1 is 0.950 bits per heavy atom. The molecule has 1 N–H and O–H groups in total. The van der Waals surface area contributed by atoms with E-state index in [0.29, 0.717) is 38.4 Å². The number of hydrogen-bond donors (Lipinski definition) is 1. The van der Waals surface area contributed by atoms with Crippen molar-refractivity contribution in [3.63, 3.8) is 0 Å². The van der Waals surface area contributed by atoms with E-state index in [0.717, 1.165) is 23.2 Å². The van der Waals surface area contributed by atoms with E-state index in [1.807, 2.05) is 12.1 Å². The normalized spacial score (nSPS) is 19.2. The van der Waals surface area contributed by atoms with Gasteiger partial charge in [0.15, 0.2) is 11.5 Å². The van der Waals surface area contributed by atoms with E-state index in [9.17, 15) is 0 Å². The number of para-hydroxylation sites is 1. The number of ether oxygens (including phenoxy) is 2. The van der Waals surface area contributed by atoms with Gasteiger partial charge >= 0.3 is 0 Å². The Morgan fingerprint density at radius 2 is 1.77 bits per heavy atom. The summed E-state index contributed by atoms with van der Waals surface area (Å²) in [6, 6.07) is 26.2. The highest BCUT2D eigenvalue weighted by Crippen LogP contribution is 2.49. The molecule has 0 amide bonds. The van der Waals surface area contributed by atoms with E-state index in [-0.39, 0.29) is 12.6 Å². The molecule has 4 aromatic rings. The Hall–Kier alpha value is -3.44. The lowest BCUT2D eigenvalue weighted by Gasteiger charge is -2.37. The van der Waals surface area contributed by atoms with Crippen LogP contribution in [0.25, 0.3) is 0 Å². The van der Waals surface area contributed by atoms with Gasteiger partial charge in [0.2, 0.25) is 0 Å². The molecule has 0 radical (unpaired) electrons. The molecule has 202 valence electrons. The zero-order valence-corrected chi connectivity index (χ0v) is 24.0. The second-order valence-corrected chi connectivity index (χ2v) is 11.2. The average molecular weight is 590 g/mol. The molecule has 0 unspecified atom stereocenters. The highest BCUT2D eigenvalue weighted by molar-refractivity contribution is 6.35. The topological polar surface area (TPSA) is 42.8 Å². The Kier molecular flexibility index (Phi) is 7.75. The molecular formula is C33H27Cl3N2O2. The number of aliphatic imine (C=N–C) groups is 1. The second kappa shape index (κ2) is 11.6. The van der Waals surface area contributed by atoms with Crippen LogP contribution in [0, 0.1) is 5.92 Å². The first kappa shape index (κ1) is 26.8. The Morgan fingerprint density at radius 3 is 2.58 bits per heavy atom. The maximum atomic E-state index is 6.58. The van der Waals surface area contributed by atoms with Crippen molar-refractivity contribution in [3.05, 3.63) is 128 Å². The summed E-state index contributed by atoms with van der Waals surface area (Å²) in [6.07, 6.45) is 7.52. The van der Waals surface area contributed by atoms with Crippen molar-refractivity contribution in [3.8, 4) is 11.5 Å². The minimum absolute atomic E-state index is 0.227. The number of benzene rings is 4. The van der Waals surface area contributed by atoms with Crippen LogP contribution in [0.3, 0.4) is 0 Å². The molecule has 4 aromatic carbocycles. The third-order valence-corrected chi connectivity index (χ3v) is 8.39. The molecular weight excluding hydrogens is 563 g/mol. The quantitative estimate of drug-likeness (QED) is 0.172. The van der Waals surface area contributed by atoms with Gasteiger partial charge in [-0.3, -0.25) is 4.99 Å². The van der Waals surface area contributed by atoms with Crippen LogP contribution in [-0.4, -0.2) is 13.3 Å². The van der Waals surface area contributed by atoms with Gasteiger partial charge < -0.3 is 14.8 Å². The predicted octanol–water partition coefficient (Wildman–Crippen LogP) is 9.81. The first-order valence-electron chi connectivity index (χ1n) is 13.1. The van der Waals surface area contributed by atoms with Crippen molar-refractivity contribution in [1.82, 2.24) is 0 Å². The molecule has 2 aliphatic rings. The van der Waals surface area contributed by atoms with Gasteiger partial charge in [0.05, 0.1) is 23.9 Å². The second-order valence-electron chi connectivity index (χ2n) is 9.97. The van der Waals surface area contributed by atoms with Crippen molar-refractivity contribution in [1.29, 1.82) is 0 Å². The number of allylic oxidation sites excluding steroid dienone is 2. The number of rotatable bonds is 7. The molecule has 0 spiro atoms. The number of hydrogen-bond acceptors (Lipinski definition) is 4. The molecule has 0 saturated carbocycles. The number of fused-ring (bicyclic) bond motifs is 3. The molecule has 7 heteroatoms. The summed E-state index contributed by atoms with van der Waals surface area (Å²) >= 11 is 18.9. The fourth-order valence-corrected chi connectivity index (χ4v) is 6.27. The van der Waals surface area contributed by atoms with Gasteiger partial charge in [0.25, 0.3) is 0 Å². The van der Waals surface area contributed by atoms with Gasteiger partial charge in [0, 0.05) is 33.4 Å². The summed E-state index contributed by atoms with van der Waals surface area (Å²) < 4.78 is 11.5. The summed E-state index contributed by atoms with van der Waals surface area (Å²) in [4.78, 5) is 4.68. The van der Waals surface area contributed by atoms with Crippen molar-refractivity contribution in [2.45, 2.75) is 25.0 Å². The van der Waals surface area contributed by atoms with Crippen molar-refractivity contribution >= 4 is 52.4 Å². The minimum Gasteiger partial charge on any atom is -0.493 e. The molecule has 1 aliphatic heterocycles. The van der Waals surface area contributed by atoms with Gasteiger partial charge in [-0.15, -0.1) is 0 Å². The third-order valence-electron chi connectivity index (χ3n) is 7.53. The summed E-state index contributed by atoms with van der Waals surface area (Å²) in [6.45, 7) is 0.227. The molecule has 0 bridgehead atoms. The lowest BCUT2D eigenvalue weighted by Crippen LogP contribution is -2.28. The Balaban J connectivity index is 1.17. The van der Waals surface area contributed by atoms with E-state index in [1.54, 1.807) is 31.5 Å². The number of nitrogens with zero attached hydrogens (tertiary/aromatic N) is 1. The fraction of sp³-hybridized carbons (Fsp3) is 0.182. The zero-order valence-electron chi connectivity index (χ0n) is 21.8. The molecule has 0 fully saturated rings. The predicted molar refractivity (Wildman–Crippen MR) is 165 cm³/mol. The minimum atomic E-state index is 0.227. The van der Waals surface area contributed by atoms with E-state index < -0.39 is 0 Å². The van der Waals surface area contributed by atoms with Crippen LogP contribution in [0.1, 0.15) is 40.6 Å². The van der Waals surface area contributed by atoms with Gasteiger partial charge in [-0.1, -0.05) is 83.4 Å². The fourth-order valence-electron chi connectivity index (χ4n) is 5.53. The van der Waals surface area contributed by atoms with Gasteiger partial charge in [-0.25, -0.2) is 0 Å². The van der Waals surface area contributed by atoms with E-state index in [2.05, 4.69) is 71.0 Å². The first-order chi connectivity index (χ1) is 19.5. The van der Waals surface area contributed by atoms with Crippen LogP contribution in [0.2, 0.25) is 15.1 Å². The number of methoxy groups -OCH3 is 1. The van der Waals surface area contributed by atoms with Crippen LogP contribution in [0.4, 0.5) is 11.4 Å². The maximum absolute atomic E-state index is 6.58. The highest BCUT2D eigenvalue weighted by atomic mass is 35.5. The van der Waals surface area contributed by atoms with Crippen LogP contribution in [0.15, 0.2) is 96.0 Å². The number of anilines is 1. The molecule has 0 aromatic heterocycles. The smallest absolute Gasteiger partial charge is 0.180 e. The van der Waals surface area contributed by atoms with Crippen LogP contribution >= 0.6 is 34.8 Å². The van der Waals surface area contributed by atoms with E-state index >= 15 is 0 Å². The van der Waals surface area contributed by atoms with Crippen LogP contribution in [-0.2, 0) is 6.61 Å². The van der Waals surface area contributed by atoms with E-state index in [1.165, 1.54) is 16.8 Å². The summed E-state index contributed by atoms with van der Waals surface area (Å²) in [7, 11) is 1.58. The van der Waals surface area contributed by atoms with Gasteiger partial charge in [0.1, 0.15) is 6.61 Å². The van der Waals surface area contributed by atoms with Gasteiger partial charge in [-0.05, 0) is 71.5 Å². The number of nitrogens with one attached hydrogen (secondary N) is 1. The Bertz CT molecular complexity index is 1600. The SMILES string of the molecule is COc1cc(C=Nc2ccc([C@@H]3Nc4ccccc4[C@@H]4C=CC[C@@H]43)cc2)cc(Cl)c1OCc1ccc(Cl)cc1Cl. The zero-order chi connectivity index (χ0) is 27.6. The molecule has 6 rings (SSSR count). The Labute approximate surface area is 249 Å². The molecule has 4 nitrogen and oxygen atoms in total. The average Bonchev–Trinajstić information content (AvgIpc) is 3.46. The molecule has 3 atom stereocenters. The molecule has 1 aliphatic carbocycles. The largest absolute Gasteiger partial charge is 0.493 e. The van der Waals surface area contributed by atoms with Gasteiger partial charge in [-0.2, -0.15) is 0 Å². The van der Waals surface area contributed by atoms with Crippen molar-refractivity contribution in [2.24, 2.45) is 10.9 Å². The van der Waals surface area contributed by atoms with Crippen molar-refractivity contribution in [2.75, 3.05) is 12.4 Å². The summed E-state index contributed by atoms with van der Waals surface area (Å²) in [5, 5.41) is 5.30. The standard InChI is InChI=1S/C33H27Cl3N2O2/c1-39-31-16-20(15-29(36)33(31)40-19-22-9-12-23(34)17-28(22)35)18-37-24-13-10-21(11-14-24)32-27-7-4-6-25(27)26-5-2-3-8-30(26)38-32/h2-6,8-18,25,27,32,38H,7,19H2,1H3/t25-,27-,32-/m0/s1. The van der Waals surface area contributed by atoms with Crippen LogP contribution in [0.5, 0.6) is 11.5 Å². The highest BCUT2D eigenvalue weighted by Gasteiger charge is 2.37. The summed E-state index contributed by atoms with van der Waals surface area (Å²) in [5.41, 5.74) is 6.32. The summed E-state index contributed by atoms with van der Waals surface area (Å²) in [5.74, 6) is 1.92. The van der Waals surface area contributed by atoms with Crippen molar-refractivity contribution < 1.29 is 9.47 Å². The lowest BCUT2D eigenvalue weighted by atomic mass is 9.77. The molecule has 1 heterocycles. The monoisotopic (exact) mass is 588 g/mol. The maximum Gasteiger partial charge on any atom is 0.180 e.